The topological polar surface area (TPSA) is 101 Å². The Bertz CT molecular complexity index is 563. The maximum atomic E-state index is 12.0. The number of hydrogen-bond acceptors (Lipinski definition) is 4. The van der Waals surface area contributed by atoms with Crippen molar-refractivity contribution in [1.82, 2.24) is 10.0 Å². The molecule has 1 atom stereocenters. The van der Waals surface area contributed by atoms with Crippen LogP contribution in [0.5, 0.6) is 0 Å². The lowest BCUT2D eigenvalue weighted by atomic mass is 10.1. The number of carbonyl (C=O) groups excluding carboxylic acids is 1. The van der Waals surface area contributed by atoms with Gasteiger partial charge in [0.1, 0.15) is 0 Å². The predicted molar refractivity (Wildman–Crippen MR) is 75.7 cm³/mol. The molecule has 0 aromatic heterocycles. The summed E-state index contributed by atoms with van der Waals surface area (Å²) in [7, 11) is -3.52. The molecule has 1 aliphatic rings. The standard InChI is InChI=1S/C13H19N3O3S/c14-13(17)11-1-3-12(4-2-11)20(18,19)16-8-6-10-5-7-15-9-10/h1-4,10,15-16H,5-9H2,(H2,14,17). The van der Waals surface area contributed by atoms with Crippen molar-refractivity contribution in [1.29, 1.82) is 0 Å². The Kier molecular flexibility index (Phi) is 4.74. The zero-order valence-electron chi connectivity index (χ0n) is 11.1. The SMILES string of the molecule is NC(=O)c1ccc(S(=O)(=O)NCCC2CCNC2)cc1. The minimum Gasteiger partial charge on any atom is -0.366 e. The van der Waals surface area contributed by atoms with E-state index in [9.17, 15) is 13.2 Å². The largest absolute Gasteiger partial charge is 0.366 e. The highest BCUT2D eigenvalue weighted by molar-refractivity contribution is 7.89. The van der Waals surface area contributed by atoms with Gasteiger partial charge in [0.05, 0.1) is 4.90 Å². The minimum atomic E-state index is -3.52. The fourth-order valence-corrected chi connectivity index (χ4v) is 3.29. The third-order valence-electron chi connectivity index (χ3n) is 3.46. The van der Waals surface area contributed by atoms with E-state index in [1.54, 1.807) is 0 Å². The predicted octanol–water partition coefficient (Wildman–Crippen LogP) is 0.0634. The fourth-order valence-electron chi connectivity index (χ4n) is 2.24. The molecule has 0 aliphatic carbocycles. The summed E-state index contributed by atoms with van der Waals surface area (Å²) >= 11 is 0. The number of hydrogen-bond donors (Lipinski definition) is 3. The van der Waals surface area contributed by atoms with Crippen molar-refractivity contribution >= 4 is 15.9 Å². The van der Waals surface area contributed by atoms with Gasteiger partial charge in [-0.15, -0.1) is 0 Å². The lowest BCUT2D eigenvalue weighted by Gasteiger charge is -2.10. The molecule has 1 unspecified atom stereocenters. The first-order valence-corrected chi connectivity index (χ1v) is 8.07. The van der Waals surface area contributed by atoms with Crippen molar-refractivity contribution in [3.63, 3.8) is 0 Å². The Morgan fingerprint density at radius 3 is 2.60 bits per heavy atom. The van der Waals surface area contributed by atoms with Crippen molar-refractivity contribution in [2.45, 2.75) is 17.7 Å². The van der Waals surface area contributed by atoms with Crippen LogP contribution in [0.3, 0.4) is 0 Å². The van der Waals surface area contributed by atoms with Gasteiger partial charge >= 0.3 is 0 Å². The van der Waals surface area contributed by atoms with Gasteiger partial charge in [-0.1, -0.05) is 0 Å². The molecule has 1 saturated heterocycles. The molecule has 1 aromatic rings. The van der Waals surface area contributed by atoms with Gasteiger partial charge < -0.3 is 11.1 Å². The molecule has 7 heteroatoms. The van der Waals surface area contributed by atoms with Crippen LogP contribution in [0, 0.1) is 5.92 Å². The third-order valence-corrected chi connectivity index (χ3v) is 4.93. The monoisotopic (exact) mass is 297 g/mol. The van der Waals surface area contributed by atoms with Crippen molar-refractivity contribution in [2.75, 3.05) is 19.6 Å². The summed E-state index contributed by atoms with van der Waals surface area (Å²) < 4.78 is 26.7. The average Bonchev–Trinajstić information content (AvgIpc) is 2.92. The van der Waals surface area contributed by atoms with Crippen LogP contribution in [0.2, 0.25) is 0 Å². The first-order valence-electron chi connectivity index (χ1n) is 6.59. The number of primary amides is 1. The van der Waals surface area contributed by atoms with Gasteiger partial charge in [0.2, 0.25) is 15.9 Å². The molecule has 1 aromatic carbocycles. The number of benzene rings is 1. The molecule has 1 aliphatic heterocycles. The van der Waals surface area contributed by atoms with Crippen LogP contribution in [0.25, 0.3) is 0 Å². The molecule has 1 amide bonds. The average molecular weight is 297 g/mol. The molecular formula is C13H19N3O3S. The number of rotatable bonds is 6. The highest BCUT2D eigenvalue weighted by Gasteiger charge is 2.17. The maximum Gasteiger partial charge on any atom is 0.248 e. The quantitative estimate of drug-likeness (QED) is 0.691. The zero-order chi connectivity index (χ0) is 14.6. The van der Waals surface area contributed by atoms with E-state index < -0.39 is 15.9 Å². The van der Waals surface area contributed by atoms with E-state index >= 15 is 0 Å². The molecule has 2 rings (SSSR count). The summed E-state index contributed by atoms with van der Waals surface area (Å²) in [6.45, 7) is 2.38. The first-order chi connectivity index (χ1) is 9.49. The normalized spacial score (nSPS) is 19.1. The summed E-state index contributed by atoms with van der Waals surface area (Å²) in [5.41, 5.74) is 5.41. The van der Waals surface area contributed by atoms with Gasteiger partial charge in [0, 0.05) is 12.1 Å². The Morgan fingerprint density at radius 2 is 2.05 bits per heavy atom. The molecule has 1 heterocycles. The van der Waals surface area contributed by atoms with E-state index in [0.717, 1.165) is 25.9 Å². The summed E-state index contributed by atoms with van der Waals surface area (Å²) in [4.78, 5) is 11.1. The molecule has 20 heavy (non-hydrogen) atoms. The van der Waals surface area contributed by atoms with Crippen molar-refractivity contribution in [3.05, 3.63) is 29.8 Å². The second-order valence-electron chi connectivity index (χ2n) is 4.93. The van der Waals surface area contributed by atoms with E-state index in [0.29, 0.717) is 18.0 Å². The molecule has 4 N–H and O–H groups in total. The van der Waals surface area contributed by atoms with Crippen LogP contribution >= 0.6 is 0 Å². The Hall–Kier alpha value is -1.44. The maximum absolute atomic E-state index is 12.0. The molecular weight excluding hydrogens is 278 g/mol. The van der Waals surface area contributed by atoms with E-state index in [4.69, 9.17) is 5.73 Å². The summed E-state index contributed by atoms with van der Waals surface area (Å²) in [6, 6.07) is 5.61. The molecule has 1 fully saturated rings. The van der Waals surface area contributed by atoms with Crippen molar-refractivity contribution in [2.24, 2.45) is 11.7 Å². The Morgan fingerprint density at radius 1 is 1.35 bits per heavy atom. The highest BCUT2D eigenvalue weighted by atomic mass is 32.2. The Balaban J connectivity index is 1.93. The molecule has 0 spiro atoms. The van der Waals surface area contributed by atoms with Crippen molar-refractivity contribution < 1.29 is 13.2 Å². The van der Waals surface area contributed by atoms with Gasteiger partial charge in [0.25, 0.3) is 0 Å². The number of amides is 1. The minimum absolute atomic E-state index is 0.145. The van der Waals surface area contributed by atoms with Crippen LogP contribution in [0.4, 0.5) is 0 Å². The molecule has 0 saturated carbocycles. The third kappa shape index (κ3) is 3.78. The van der Waals surface area contributed by atoms with Crippen LogP contribution in [0.1, 0.15) is 23.2 Å². The van der Waals surface area contributed by atoms with Gasteiger partial charge in [-0.2, -0.15) is 0 Å². The van der Waals surface area contributed by atoms with Gasteiger partial charge in [-0.05, 0) is 56.1 Å². The van der Waals surface area contributed by atoms with E-state index in [1.807, 2.05) is 0 Å². The number of nitrogens with one attached hydrogen (secondary N) is 2. The smallest absolute Gasteiger partial charge is 0.248 e. The van der Waals surface area contributed by atoms with Gasteiger partial charge in [0.15, 0.2) is 0 Å². The Labute approximate surface area is 118 Å². The van der Waals surface area contributed by atoms with E-state index in [-0.39, 0.29) is 4.90 Å². The summed E-state index contributed by atoms with van der Waals surface area (Å²) in [5, 5.41) is 3.25. The van der Waals surface area contributed by atoms with E-state index in [2.05, 4.69) is 10.0 Å². The number of carbonyl (C=O) groups is 1. The van der Waals surface area contributed by atoms with Crippen molar-refractivity contribution in [3.8, 4) is 0 Å². The molecule has 0 bridgehead atoms. The lowest BCUT2D eigenvalue weighted by Crippen LogP contribution is -2.26. The summed E-state index contributed by atoms with van der Waals surface area (Å²) in [6.07, 6.45) is 1.92. The van der Waals surface area contributed by atoms with Crippen LogP contribution in [-0.2, 0) is 10.0 Å². The van der Waals surface area contributed by atoms with Gasteiger partial charge in [-0.25, -0.2) is 13.1 Å². The second kappa shape index (κ2) is 6.34. The molecule has 110 valence electrons. The van der Waals surface area contributed by atoms with Crippen LogP contribution in [-0.4, -0.2) is 34.0 Å². The second-order valence-corrected chi connectivity index (χ2v) is 6.70. The lowest BCUT2D eigenvalue weighted by molar-refractivity contribution is 0.1000. The first kappa shape index (κ1) is 15.0. The van der Waals surface area contributed by atoms with Gasteiger partial charge in [-0.3, -0.25) is 4.79 Å². The van der Waals surface area contributed by atoms with E-state index in [1.165, 1.54) is 24.3 Å². The molecule has 0 radical (unpaired) electrons. The van der Waals surface area contributed by atoms with Crippen LogP contribution in [0.15, 0.2) is 29.2 Å². The fraction of sp³-hybridized carbons (Fsp3) is 0.462. The zero-order valence-corrected chi connectivity index (χ0v) is 11.9. The summed E-state index contributed by atoms with van der Waals surface area (Å²) in [5.74, 6) is -0.0365. The van der Waals surface area contributed by atoms with Crippen LogP contribution < -0.4 is 15.8 Å². The number of nitrogens with two attached hydrogens (primary N) is 1. The number of sulfonamides is 1. The molecule has 6 nitrogen and oxygen atoms in total. The highest BCUT2D eigenvalue weighted by Crippen LogP contribution is 2.13.